The van der Waals surface area contributed by atoms with E-state index in [4.69, 9.17) is 0 Å². The van der Waals surface area contributed by atoms with Crippen molar-refractivity contribution in [2.24, 2.45) is 5.92 Å². The zero-order valence-corrected chi connectivity index (χ0v) is 13.1. The zero-order chi connectivity index (χ0) is 13.1. The van der Waals surface area contributed by atoms with Crippen LogP contribution in [0, 0.1) is 5.92 Å². The van der Waals surface area contributed by atoms with Crippen LogP contribution in [0.3, 0.4) is 0 Å². The third-order valence-electron chi connectivity index (χ3n) is 3.61. The maximum atomic E-state index is 4.66. The summed E-state index contributed by atoms with van der Waals surface area (Å²) in [4.78, 5) is 11.4. The third kappa shape index (κ3) is 3.44. The molecule has 0 atom stereocenters. The van der Waals surface area contributed by atoms with Crippen LogP contribution in [-0.2, 0) is 0 Å². The Labute approximate surface area is 118 Å². The molecule has 1 saturated carbocycles. The minimum absolute atomic E-state index is 0.362. The summed E-state index contributed by atoms with van der Waals surface area (Å²) in [7, 11) is 2.14. The smallest absolute Gasteiger partial charge is 0.134 e. The van der Waals surface area contributed by atoms with E-state index >= 15 is 0 Å². The maximum absolute atomic E-state index is 4.66. The van der Waals surface area contributed by atoms with E-state index in [1.54, 1.807) is 0 Å². The van der Waals surface area contributed by atoms with Crippen molar-refractivity contribution in [3.63, 3.8) is 0 Å². The molecular formula is C14H22BrN3. The van der Waals surface area contributed by atoms with Crippen molar-refractivity contribution in [2.75, 3.05) is 18.5 Å². The van der Waals surface area contributed by atoms with Crippen LogP contribution in [0.5, 0.6) is 0 Å². The first-order valence-corrected chi connectivity index (χ1v) is 7.61. The number of nitrogens with zero attached hydrogens (tertiary/aromatic N) is 3. The van der Waals surface area contributed by atoms with Gasteiger partial charge in [0.2, 0.25) is 0 Å². The highest BCUT2D eigenvalue weighted by atomic mass is 79.9. The van der Waals surface area contributed by atoms with Gasteiger partial charge in [0.15, 0.2) is 0 Å². The van der Waals surface area contributed by atoms with Gasteiger partial charge in [-0.2, -0.15) is 0 Å². The third-order valence-corrected chi connectivity index (χ3v) is 4.02. The molecule has 4 heteroatoms. The average molecular weight is 312 g/mol. The molecule has 1 fully saturated rings. The minimum Gasteiger partial charge on any atom is -0.359 e. The first-order valence-electron chi connectivity index (χ1n) is 6.82. The van der Waals surface area contributed by atoms with Crippen molar-refractivity contribution in [1.82, 2.24) is 9.97 Å². The van der Waals surface area contributed by atoms with Crippen molar-refractivity contribution >= 4 is 21.7 Å². The molecule has 1 aromatic heterocycles. The second-order valence-corrected chi connectivity index (χ2v) is 6.41. The number of hydrogen-bond donors (Lipinski definition) is 0. The van der Waals surface area contributed by atoms with Gasteiger partial charge in [-0.15, -0.1) is 0 Å². The van der Waals surface area contributed by atoms with Crippen molar-refractivity contribution in [2.45, 2.75) is 45.4 Å². The van der Waals surface area contributed by atoms with Gasteiger partial charge in [0, 0.05) is 25.6 Å². The molecule has 0 aromatic carbocycles. The Kier molecular flexibility index (Phi) is 4.60. The molecule has 0 unspecified atom stereocenters. The van der Waals surface area contributed by atoms with Gasteiger partial charge in [0.1, 0.15) is 16.2 Å². The molecule has 0 aliphatic heterocycles. The lowest BCUT2D eigenvalue weighted by atomic mass is 10.1. The summed E-state index contributed by atoms with van der Waals surface area (Å²) in [5.74, 6) is 3.15. The van der Waals surface area contributed by atoms with E-state index in [-0.39, 0.29) is 0 Å². The second kappa shape index (κ2) is 6.00. The lowest BCUT2D eigenvalue weighted by Gasteiger charge is -2.22. The predicted octanol–water partition coefficient (Wildman–Crippen LogP) is 3.99. The molecule has 0 spiro atoms. The van der Waals surface area contributed by atoms with E-state index in [0.29, 0.717) is 5.92 Å². The van der Waals surface area contributed by atoms with E-state index in [0.717, 1.165) is 28.7 Å². The maximum Gasteiger partial charge on any atom is 0.134 e. The summed E-state index contributed by atoms with van der Waals surface area (Å²) in [6, 6.07) is 2.01. The molecule has 18 heavy (non-hydrogen) atoms. The monoisotopic (exact) mass is 311 g/mol. The Morgan fingerprint density at radius 2 is 2.00 bits per heavy atom. The lowest BCUT2D eigenvalue weighted by molar-refractivity contribution is 0.544. The fourth-order valence-electron chi connectivity index (χ4n) is 2.55. The highest BCUT2D eigenvalue weighted by molar-refractivity contribution is 9.10. The van der Waals surface area contributed by atoms with Gasteiger partial charge in [0.05, 0.1) is 0 Å². The van der Waals surface area contributed by atoms with Gasteiger partial charge in [0.25, 0.3) is 0 Å². The van der Waals surface area contributed by atoms with E-state index in [9.17, 15) is 0 Å². The van der Waals surface area contributed by atoms with Crippen LogP contribution in [-0.4, -0.2) is 23.6 Å². The highest BCUT2D eigenvalue weighted by Gasteiger charge is 2.18. The second-order valence-electron chi connectivity index (χ2n) is 5.59. The van der Waals surface area contributed by atoms with Crippen LogP contribution in [0.25, 0.3) is 0 Å². The molecular weight excluding hydrogens is 290 g/mol. The fraction of sp³-hybridized carbons (Fsp3) is 0.714. The molecule has 1 aromatic rings. The fourth-order valence-corrected chi connectivity index (χ4v) is 2.94. The van der Waals surface area contributed by atoms with Gasteiger partial charge >= 0.3 is 0 Å². The minimum atomic E-state index is 0.362. The summed E-state index contributed by atoms with van der Waals surface area (Å²) in [5, 5.41) is 0. The SMILES string of the molecule is CC(C)c1nc(Br)cc(N(C)CC2CCCC2)n1. The van der Waals surface area contributed by atoms with Gasteiger partial charge in [-0.1, -0.05) is 26.7 Å². The van der Waals surface area contributed by atoms with Crippen LogP contribution in [0.2, 0.25) is 0 Å². The summed E-state index contributed by atoms with van der Waals surface area (Å²) < 4.78 is 0.884. The topological polar surface area (TPSA) is 29.0 Å². The molecule has 1 aliphatic carbocycles. The van der Waals surface area contributed by atoms with Crippen LogP contribution in [0.15, 0.2) is 10.7 Å². The van der Waals surface area contributed by atoms with E-state index in [1.165, 1.54) is 25.7 Å². The van der Waals surface area contributed by atoms with Gasteiger partial charge in [-0.25, -0.2) is 9.97 Å². The van der Waals surface area contributed by atoms with E-state index < -0.39 is 0 Å². The number of rotatable bonds is 4. The van der Waals surface area contributed by atoms with E-state index in [2.05, 4.69) is 51.7 Å². The van der Waals surface area contributed by atoms with Crippen LogP contribution >= 0.6 is 15.9 Å². The summed E-state index contributed by atoms with van der Waals surface area (Å²) in [6.07, 6.45) is 5.52. The Balaban J connectivity index is 2.10. The summed E-state index contributed by atoms with van der Waals surface area (Å²) in [6.45, 7) is 5.37. The van der Waals surface area contributed by atoms with Gasteiger partial charge in [-0.3, -0.25) is 0 Å². The summed E-state index contributed by atoms with van der Waals surface area (Å²) >= 11 is 3.48. The highest BCUT2D eigenvalue weighted by Crippen LogP contribution is 2.27. The quantitative estimate of drug-likeness (QED) is 0.787. The zero-order valence-electron chi connectivity index (χ0n) is 11.5. The van der Waals surface area contributed by atoms with Crippen molar-refractivity contribution < 1.29 is 0 Å². The first-order chi connectivity index (χ1) is 8.56. The Morgan fingerprint density at radius 3 is 2.61 bits per heavy atom. The number of anilines is 1. The molecule has 0 bridgehead atoms. The van der Waals surface area contributed by atoms with Crippen molar-refractivity contribution in [1.29, 1.82) is 0 Å². The number of halogens is 1. The Morgan fingerprint density at radius 1 is 1.33 bits per heavy atom. The largest absolute Gasteiger partial charge is 0.359 e. The van der Waals surface area contributed by atoms with Crippen molar-refractivity contribution in [3.8, 4) is 0 Å². The molecule has 0 N–H and O–H groups in total. The van der Waals surface area contributed by atoms with Gasteiger partial charge in [-0.05, 0) is 34.7 Å². The Hall–Kier alpha value is -0.640. The molecule has 1 heterocycles. The standard InChI is InChI=1S/C14H22BrN3/c1-10(2)14-16-12(15)8-13(17-14)18(3)9-11-6-4-5-7-11/h8,10-11H,4-7,9H2,1-3H3. The van der Waals surface area contributed by atoms with E-state index in [1.807, 2.05) is 6.07 Å². The molecule has 0 amide bonds. The molecule has 0 radical (unpaired) electrons. The molecule has 1 aliphatic rings. The molecule has 3 nitrogen and oxygen atoms in total. The molecule has 0 saturated heterocycles. The van der Waals surface area contributed by atoms with Crippen LogP contribution in [0.1, 0.15) is 51.3 Å². The first kappa shape index (κ1) is 13.8. The van der Waals surface area contributed by atoms with Crippen LogP contribution in [0.4, 0.5) is 5.82 Å². The molecule has 100 valence electrons. The lowest BCUT2D eigenvalue weighted by Crippen LogP contribution is -2.25. The molecule has 2 rings (SSSR count). The predicted molar refractivity (Wildman–Crippen MR) is 79.0 cm³/mol. The summed E-state index contributed by atoms with van der Waals surface area (Å²) in [5.41, 5.74) is 0. The normalized spacial score (nSPS) is 16.5. The average Bonchev–Trinajstić information content (AvgIpc) is 2.80. The van der Waals surface area contributed by atoms with Crippen LogP contribution < -0.4 is 4.90 Å². The van der Waals surface area contributed by atoms with Crippen molar-refractivity contribution in [3.05, 3.63) is 16.5 Å². The number of aromatic nitrogens is 2. The Bertz CT molecular complexity index is 400. The number of hydrogen-bond acceptors (Lipinski definition) is 3. The van der Waals surface area contributed by atoms with Gasteiger partial charge < -0.3 is 4.90 Å².